The number of nitrogens with two attached hydrogens (primary N) is 2. The van der Waals surface area contributed by atoms with Crippen LogP contribution in [-0.2, 0) is 0 Å². The summed E-state index contributed by atoms with van der Waals surface area (Å²) in [5, 5.41) is 0. The van der Waals surface area contributed by atoms with Crippen molar-refractivity contribution in [2.75, 3.05) is 0 Å². The average molecular weight is 268 g/mol. The molecule has 1 fully saturated rings. The van der Waals surface area contributed by atoms with Crippen LogP contribution in [0.15, 0.2) is 33.7 Å². The van der Waals surface area contributed by atoms with Gasteiger partial charge in [0.1, 0.15) is 0 Å². The van der Waals surface area contributed by atoms with Crippen LogP contribution in [0.3, 0.4) is 0 Å². The van der Waals surface area contributed by atoms with E-state index in [1.807, 2.05) is 0 Å². The predicted molar refractivity (Wildman–Crippen MR) is 65.7 cm³/mol. The molecule has 0 unspecified atom stereocenters. The summed E-state index contributed by atoms with van der Waals surface area (Å²) in [7, 11) is 0. The lowest BCUT2D eigenvalue weighted by Crippen LogP contribution is -2.31. The van der Waals surface area contributed by atoms with Crippen LogP contribution in [0.1, 0.15) is 24.3 Å². The topological polar surface area (TPSA) is 64.4 Å². The van der Waals surface area contributed by atoms with Crippen LogP contribution in [0.25, 0.3) is 0 Å². The van der Waals surface area contributed by atoms with Gasteiger partial charge in [-0.25, -0.2) is 0 Å². The zero-order valence-electron chi connectivity index (χ0n) is 8.36. The first-order valence-electron chi connectivity index (χ1n) is 4.99. The minimum Gasteiger partial charge on any atom is -0.370 e. The first kappa shape index (κ1) is 10.5. The molecule has 0 heterocycles. The Morgan fingerprint density at radius 2 is 1.80 bits per heavy atom. The molecule has 15 heavy (non-hydrogen) atoms. The second-order valence-corrected chi connectivity index (χ2v) is 4.84. The molecule has 2 rings (SSSR count). The zero-order chi connectivity index (χ0) is 10.8. The van der Waals surface area contributed by atoms with Gasteiger partial charge in [0.2, 0.25) is 0 Å². The molecule has 0 spiro atoms. The maximum absolute atomic E-state index is 5.33. The highest BCUT2D eigenvalue weighted by atomic mass is 79.9. The van der Waals surface area contributed by atoms with E-state index in [1.54, 1.807) is 0 Å². The second kappa shape index (κ2) is 4.23. The molecule has 0 saturated heterocycles. The number of nitrogens with zero attached hydrogens (tertiary/aromatic N) is 1. The standard InChI is InChI=1S/C11H14BrN3/c12-9-3-1-7(2-4-9)8-5-10(6-8)15-11(13)14/h1-4,8,10H,5-6H2,(H4,13,14,15). The summed E-state index contributed by atoms with van der Waals surface area (Å²) in [6.45, 7) is 0. The van der Waals surface area contributed by atoms with E-state index in [1.165, 1.54) is 5.56 Å². The third-order valence-corrected chi connectivity index (χ3v) is 3.31. The van der Waals surface area contributed by atoms with Crippen LogP contribution < -0.4 is 11.5 Å². The van der Waals surface area contributed by atoms with Crippen LogP contribution in [0.2, 0.25) is 0 Å². The van der Waals surface area contributed by atoms with E-state index in [0.29, 0.717) is 12.0 Å². The molecule has 1 aromatic carbocycles. The Bertz CT molecular complexity index is 362. The minimum absolute atomic E-state index is 0.203. The lowest BCUT2D eigenvalue weighted by Gasteiger charge is -2.32. The van der Waals surface area contributed by atoms with Crippen molar-refractivity contribution in [3.8, 4) is 0 Å². The summed E-state index contributed by atoms with van der Waals surface area (Å²) in [5.74, 6) is 0.820. The van der Waals surface area contributed by atoms with Crippen molar-refractivity contribution >= 4 is 21.9 Å². The fourth-order valence-electron chi connectivity index (χ4n) is 1.91. The van der Waals surface area contributed by atoms with Gasteiger partial charge in [0.25, 0.3) is 0 Å². The van der Waals surface area contributed by atoms with Crippen molar-refractivity contribution in [2.24, 2.45) is 16.5 Å². The molecular formula is C11H14BrN3. The van der Waals surface area contributed by atoms with Crippen molar-refractivity contribution in [2.45, 2.75) is 24.8 Å². The summed E-state index contributed by atoms with van der Waals surface area (Å²) in [4.78, 5) is 4.14. The van der Waals surface area contributed by atoms with Gasteiger partial charge >= 0.3 is 0 Å². The number of hydrogen-bond donors (Lipinski definition) is 2. The third kappa shape index (κ3) is 2.50. The number of rotatable bonds is 2. The molecule has 1 saturated carbocycles. The SMILES string of the molecule is NC(N)=NC1CC(c2ccc(Br)cc2)C1. The molecule has 0 aromatic heterocycles. The first-order valence-corrected chi connectivity index (χ1v) is 5.78. The van der Waals surface area contributed by atoms with Crippen LogP contribution in [-0.4, -0.2) is 12.0 Å². The van der Waals surface area contributed by atoms with Crippen LogP contribution in [0, 0.1) is 0 Å². The van der Waals surface area contributed by atoms with Crippen molar-refractivity contribution in [1.29, 1.82) is 0 Å². The van der Waals surface area contributed by atoms with Gasteiger partial charge in [-0.3, -0.25) is 4.99 Å². The largest absolute Gasteiger partial charge is 0.370 e. The molecule has 3 nitrogen and oxygen atoms in total. The number of guanidine groups is 1. The van der Waals surface area contributed by atoms with Gasteiger partial charge in [0, 0.05) is 4.47 Å². The second-order valence-electron chi connectivity index (χ2n) is 3.93. The van der Waals surface area contributed by atoms with Gasteiger partial charge < -0.3 is 11.5 Å². The summed E-state index contributed by atoms with van der Waals surface area (Å²) < 4.78 is 1.12. The number of benzene rings is 1. The molecule has 1 aliphatic carbocycles. The fraction of sp³-hybridized carbons (Fsp3) is 0.364. The molecule has 1 aliphatic rings. The van der Waals surface area contributed by atoms with Crippen LogP contribution >= 0.6 is 15.9 Å². The minimum atomic E-state index is 0.203. The number of halogens is 1. The van der Waals surface area contributed by atoms with Crippen LogP contribution in [0.4, 0.5) is 0 Å². The molecule has 0 atom stereocenters. The van der Waals surface area contributed by atoms with Gasteiger partial charge in [0.05, 0.1) is 6.04 Å². The summed E-state index contributed by atoms with van der Waals surface area (Å²) in [6.07, 6.45) is 2.11. The predicted octanol–water partition coefficient (Wildman–Crippen LogP) is 1.97. The Labute approximate surface area is 97.7 Å². The van der Waals surface area contributed by atoms with Crippen LogP contribution in [0.5, 0.6) is 0 Å². The van der Waals surface area contributed by atoms with E-state index < -0.39 is 0 Å². The molecule has 0 aliphatic heterocycles. The maximum atomic E-state index is 5.33. The van der Waals surface area contributed by atoms with Crippen molar-refractivity contribution in [1.82, 2.24) is 0 Å². The smallest absolute Gasteiger partial charge is 0.186 e. The Kier molecular flexibility index (Phi) is 2.95. The molecule has 0 amide bonds. The molecule has 4 N–H and O–H groups in total. The van der Waals surface area contributed by atoms with E-state index in [2.05, 4.69) is 45.2 Å². The average Bonchev–Trinajstić information content (AvgIpc) is 2.12. The summed E-state index contributed by atoms with van der Waals surface area (Å²) in [6, 6.07) is 8.77. The highest BCUT2D eigenvalue weighted by Crippen LogP contribution is 2.38. The maximum Gasteiger partial charge on any atom is 0.186 e. The Morgan fingerprint density at radius 1 is 1.20 bits per heavy atom. The van der Waals surface area contributed by atoms with Gasteiger partial charge in [-0.05, 0) is 36.5 Å². The first-order chi connectivity index (χ1) is 7.15. The highest BCUT2D eigenvalue weighted by molar-refractivity contribution is 9.10. The fourth-order valence-corrected chi connectivity index (χ4v) is 2.18. The van der Waals surface area contributed by atoms with E-state index in [-0.39, 0.29) is 5.96 Å². The lowest BCUT2D eigenvalue weighted by molar-refractivity contribution is 0.353. The quantitative estimate of drug-likeness (QED) is 0.636. The van der Waals surface area contributed by atoms with E-state index in [4.69, 9.17) is 11.5 Å². The van der Waals surface area contributed by atoms with Crippen molar-refractivity contribution < 1.29 is 0 Å². The van der Waals surface area contributed by atoms with Gasteiger partial charge in [-0.2, -0.15) is 0 Å². The van der Waals surface area contributed by atoms with Gasteiger partial charge in [-0.1, -0.05) is 28.1 Å². The Morgan fingerprint density at radius 3 is 2.33 bits per heavy atom. The molecule has 0 bridgehead atoms. The van der Waals surface area contributed by atoms with E-state index >= 15 is 0 Å². The highest BCUT2D eigenvalue weighted by Gasteiger charge is 2.29. The normalized spacial score (nSPS) is 24.3. The molecule has 0 radical (unpaired) electrons. The number of hydrogen-bond acceptors (Lipinski definition) is 1. The molecule has 4 heteroatoms. The molecule has 1 aromatic rings. The third-order valence-electron chi connectivity index (χ3n) is 2.79. The summed E-state index contributed by atoms with van der Waals surface area (Å²) in [5.41, 5.74) is 12.0. The van der Waals surface area contributed by atoms with E-state index in [9.17, 15) is 0 Å². The number of aliphatic imine (C=N–C) groups is 1. The molecular weight excluding hydrogens is 254 g/mol. The van der Waals surface area contributed by atoms with Gasteiger partial charge in [0.15, 0.2) is 5.96 Å². The van der Waals surface area contributed by atoms with Crippen molar-refractivity contribution in [3.05, 3.63) is 34.3 Å². The Hall–Kier alpha value is -1.03. The zero-order valence-corrected chi connectivity index (χ0v) is 9.94. The van der Waals surface area contributed by atoms with Gasteiger partial charge in [-0.15, -0.1) is 0 Å². The van der Waals surface area contributed by atoms with Crippen molar-refractivity contribution in [3.63, 3.8) is 0 Å². The molecule has 80 valence electrons. The monoisotopic (exact) mass is 267 g/mol. The summed E-state index contributed by atoms with van der Waals surface area (Å²) >= 11 is 3.42. The van der Waals surface area contributed by atoms with E-state index in [0.717, 1.165) is 17.3 Å². The Balaban J connectivity index is 1.94. The lowest BCUT2D eigenvalue weighted by atomic mass is 9.76.